The maximum atomic E-state index is 13.4. The van der Waals surface area contributed by atoms with Crippen molar-refractivity contribution in [1.82, 2.24) is 4.72 Å². The van der Waals surface area contributed by atoms with Crippen molar-refractivity contribution in [3.8, 4) is 11.1 Å². The lowest BCUT2D eigenvalue weighted by Crippen LogP contribution is -2.40. The summed E-state index contributed by atoms with van der Waals surface area (Å²) < 4.78 is 35.0. The average Bonchev–Trinajstić information content (AvgIpc) is 3.20. The number of nitrogens with one attached hydrogen (secondary N) is 1. The molecule has 7 nitrogen and oxygen atoms in total. The first-order valence-electron chi connectivity index (χ1n) is 14.0. The van der Waals surface area contributed by atoms with Crippen LogP contribution in [0.15, 0.2) is 100 Å². The Bertz CT molecular complexity index is 1570. The number of esters is 1. The topological polar surface area (TPSA) is 84.8 Å². The van der Waals surface area contributed by atoms with Gasteiger partial charge in [0.15, 0.2) is 11.3 Å². The number of nitrogens with zero attached hydrogens (tertiary/aromatic N) is 2. The van der Waals surface area contributed by atoms with Crippen molar-refractivity contribution in [2.75, 3.05) is 20.2 Å². The molecule has 0 saturated carbocycles. The van der Waals surface area contributed by atoms with Crippen LogP contribution < -0.4 is 4.72 Å². The van der Waals surface area contributed by atoms with Crippen LogP contribution in [-0.2, 0) is 26.0 Å². The molecule has 216 valence electrons. The number of hydrogen-bond donors (Lipinski definition) is 1. The van der Waals surface area contributed by atoms with Crippen LogP contribution in [0.25, 0.3) is 11.1 Å². The molecule has 1 N–H and O–H groups in total. The minimum atomic E-state index is -3.75. The van der Waals surface area contributed by atoms with Crippen LogP contribution >= 0.6 is 0 Å². The largest absolute Gasteiger partial charge is 0.462 e. The molecule has 0 spiro atoms. The number of ether oxygens (including phenoxy) is 1. The van der Waals surface area contributed by atoms with Crippen LogP contribution in [0.2, 0.25) is 0 Å². The molecule has 4 rings (SSSR count). The summed E-state index contributed by atoms with van der Waals surface area (Å²) in [6.45, 7) is 10.4. The van der Waals surface area contributed by atoms with Crippen LogP contribution in [-0.4, -0.2) is 50.4 Å². The van der Waals surface area contributed by atoms with E-state index >= 15 is 0 Å². The predicted octanol–water partition coefficient (Wildman–Crippen LogP) is 6.06. The van der Waals surface area contributed by atoms with Crippen LogP contribution in [0.5, 0.6) is 0 Å². The second kappa shape index (κ2) is 12.1. The summed E-state index contributed by atoms with van der Waals surface area (Å²) >= 11 is 0. The standard InChI is InChI=1S/C33H40N3O4S/c1-7-22-36(6)28(23-24-14-10-9-11-15-24)30(32(37)40-8-2)31(34-36)26-20-18-25(19-21-26)27-16-12-13-17-29(27)41(38,39)35-33(3,4)5/h9-21,35H,7-8,22-23H2,1-6H3/q+1. The minimum absolute atomic E-state index is 0.213. The van der Waals surface area contributed by atoms with Gasteiger partial charge in [0.2, 0.25) is 10.0 Å². The van der Waals surface area contributed by atoms with Crippen molar-refractivity contribution in [3.63, 3.8) is 0 Å². The van der Waals surface area contributed by atoms with Crippen molar-refractivity contribution in [3.05, 3.63) is 101 Å². The summed E-state index contributed by atoms with van der Waals surface area (Å²) in [5.41, 5.74) is 4.59. The van der Waals surface area contributed by atoms with Gasteiger partial charge in [-0.3, -0.25) is 0 Å². The van der Waals surface area contributed by atoms with Gasteiger partial charge in [0.05, 0.1) is 25.0 Å². The number of likely N-dealkylation sites (N-methyl/N-ethyl adjacent to an activating group) is 1. The molecule has 1 aliphatic heterocycles. The molecule has 8 heteroatoms. The molecule has 1 unspecified atom stereocenters. The highest BCUT2D eigenvalue weighted by Crippen LogP contribution is 2.35. The van der Waals surface area contributed by atoms with Crippen molar-refractivity contribution < 1.29 is 22.5 Å². The van der Waals surface area contributed by atoms with Crippen molar-refractivity contribution in [2.24, 2.45) is 5.10 Å². The third-order valence-corrected chi connectivity index (χ3v) is 8.68. The lowest BCUT2D eigenvalue weighted by atomic mass is 9.96. The van der Waals surface area contributed by atoms with E-state index in [4.69, 9.17) is 9.84 Å². The molecule has 1 aliphatic rings. The molecule has 0 bridgehead atoms. The number of rotatable bonds is 10. The normalized spacial score (nSPS) is 17.5. The molecule has 0 fully saturated rings. The summed E-state index contributed by atoms with van der Waals surface area (Å²) in [5, 5.41) is 5.12. The second-order valence-electron chi connectivity index (χ2n) is 11.4. The summed E-state index contributed by atoms with van der Waals surface area (Å²) in [5.74, 6) is -0.385. The quantitative estimate of drug-likeness (QED) is 0.236. The molecule has 0 aromatic heterocycles. The van der Waals surface area contributed by atoms with Gasteiger partial charge in [-0.15, -0.1) is 0 Å². The fourth-order valence-corrected chi connectivity index (χ4v) is 6.85. The molecule has 0 amide bonds. The van der Waals surface area contributed by atoms with Gasteiger partial charge in [-0.2, -0.15) is 4.59 Å². The van der Waals surface area contributed by atoms with Crippen LogP contribution in [0, 0.1) is 0 Å². The van der Waals surface area contributed by atoms with E-state index < -0.39 is 15.6 Å². The molecular weight excluding hydrogens is 534 g/mol. The highest BCUT2D eigenvalue weighted by molar-refractivity contribution is 7.89. The van der Waals surface area contributed by atoms with Gasteiger partial charge in [0.25, 0.3) is 0 Å². The molecular formula is C33H40N3O4S+. The number of sulfonamides is 1. The zero-order valence-electron chi connectivity index (χ0n) is 24.8. The third-order valence-electron chi connectivity index (χ3n) is 6.87. The minimum Gasteiger partial charge on any atom is -0.462 e. The van der Waals surface area contributed by atoms with E-state index in [1.807, 2.05) is 76.3 Å². The number of carbonyl (C=O) groups is 1. The van der Waals surface area contributed by atoms with E-state index in [-0.39, 0.29) is 22.1 Å². The smallest absolute Gasteiger partial charge is 0.346 e. The van der Waals surface area contributed by atoms with Crippen molar-refractivity contribution >= 4 is 21.7 Å². The Morgan fingerprint density at radius 2 is 1.51 bits per heavy atom. The summed E-state index contributed by atoms with van der Waals surface area (Å²) in [7, 11) is -1.72. The summed E-state index contributed by atoms with van der Waals surface area (Å²) in [4.78, 5) is 13.6. The van der Waals surface area contributed by atoms with Gasteiger partial charge in [-0.1, -0.05) is 84.8 Å². The third kappa shape index (κ3) is 6.84. The van der Waals surface area contributed by atoms with Gasteiger partial charge >= 0.3 is 5.97 Å². The molecule has 0 saturated heterocycles. The van der Waals surface area contributed by atoms with Crippen molar-refractivity contribution in [1.29, 1.82) is 0 Å². The molecule has 1 heterocycles. The van der Waals surface area contributed by atoms with Gasteiger partial charge in [0, 0.05) is 16.7 Å². The lowest BCUT2D eigenvalue weighted by molar-refractivity contribution is -0.878. The highest BCUT2D eigenvalue weighted by atomic mass is 32.2. The van der Waals surface area contributed by atoms with Crippen LogP contribution in [0.4, 0.5) is 0 Å². The molecule has 1 atom stereocenters. The number of quaternary nitrogens is 1. The Balaban J connectivity index is 1.79. The Labute approximate surface area is 244 Å². The van der Waals surface area contributed by atoms with Gasteiger partial charge in [-0.25, -0.2) is 17.9 Å². The lowest BCUT2D eigenvalue weighted by Gasteiger charge is -2.26. The Hall–Kier alpha value is -3.59. The summed E-state index contributed by atoms with van der Waals surface area (Å²) in [6, 6.07) is 24.6. The fourth-order valence-electron chi connectivity index (χ4n) is 5.20. The molecule has 41 heavy (non-hydrogen) atoms. The molecule has 0 aliphatic carbocycles. The second-order valence-corrected chi connectivity index (χ2v) is 13.1. The zero-order valence-corrected chi connectivity index (χ0v) is 25.6. The first-order chi connectivity index (χ1) is 19.4. The highest BCUT2D eigenvalue weighted by Gasteiger charge is 2.43. The maximum absolute atomic E-state index is 13.4. The first kappa shape index (κ1) is 30.4. The van der Waals surface area contributed by atoms with E-state index in [1.54, 1.807) is 25.1 Å². The van der Waals surface area contributed by atoms with Crippen LogP contribution in [0.1, 0.15) is 52.2 Å². The Morgan fingerprint density at radius 3 is 2.12 bits per heavy atom. The van der Waals surface area contributed by atoms with E-state index in [2.05, 4.69) is 23.8 Å². The number of benzene rings is 3. The Morgan fingerprint density at radius 1 is 0.902 bits per heavy atom. The summed E-state index contributed by atoms with van der Waals surface area (Å²) in [6.07, 6.45) is 1.46. The number of allylic oxidation sites excluding steroid dienone is 1. The predicted molar refractivity (Wildman–Crippen MR) is 164 cm³/mol. The Kier molecular flexibility index (Phi) is 8.97. The van der Waals surface area contributed by atoms with E-state index in [0.29, 0.717) is 23.3 Å². The molecule has 3 aromatic rings. The number of hydrogen-bond acceptors (Lipinski definition) is 5. The fraction of sp³-hybridized carbons (Fsp3) is 0.333. The molecule has 3 aromatic carbocycles. The number of carbonyl (C=O) groups excluding carboxylic acids is 1. The van der Waals surface area contributed by atoms with E-state index in [0.717, 1.165) is 35.4 Å². The maximum Gasteiger partial charge on any atom is 0.346 e. The van der Waals surface area contributed by atoms with Crippen molar-refractivity contribution in [2.45, 2.75) is 57.9 Å². The molecule has 0 radical (unpaired) electrons. The van der Waals surface area contributed by atoms with Gasteiger partial charge in [-0.05, 0) is 51.3 Å². The SMILES string of the molecule is CCC[N+]1(C)N=C(c2ccc(-c3ccccc3S(=O)(=O)NC(C)(C)C)cc2)C(C(=O)OCC)=C1Cc1ccccc1. The monoisotopic (exact) mass is 574 g/mol. The van der Waals surface area contributed by atoms with E-state index in [9.17, 15) is 13.2 Å². The zero-order chi connectivity index (χ0) is 29.8. The average molecular weight is 575 g/mol. The van der Waals surface area contributed by atoms with Gasteiger partial charge < -0.3 is 4.74 Å². The van der Waals surface area contributed by atoms with Gasteiger partial charge in [0.1, 0.15) is 12.3 Å². The van der Waals surface area contributed by atoms with Crippen LogP contribution in [0.3, 0.4) is 0 Å². The first-order valence-corrected chi connectivity index (χ1v) is 15.5. The van der Waals surface area contributed by atoms with E-state index in [1.165, 1.54) is 0 Å².